The smallest absolute Gasteiger partial charge is 0.457 e. The number of rotatable bonds is 7. The predicted molar refractivity (Wildman–Crippen MR) is 119 cm³/mol. The molecule has 0 aliphatic heterocycles. The maximum absolute atomic E-state index is 12.9. The molecule has 4 aromatic rings. The molecule has 4 aromatic carbocycles. The zero-order chi connectivity index (χ0) is 23.1. The van der Waals surface area contributed by atoms with Crippen LogP contribution in [0.15, 0.2) is 119 Å². The van der Waals surface area contributed by atoms with Gasteiger partial charge in [-0.15, -0.1) is 0 Å². The van der Waals surface area contributed by atoms with Crippen LogP contribution in [0, 0.1) is 0 Å². The van der Waals surface area contributed by atoms with Crippen molar-refractivity contribution in [3.05, 3.63) is 109 Å². The van der Waals surface area contributed by atoms with E-state index < -0.39 is 16.0 Å². The summed E-state index contributed by atoms with van der Waals surface area (Å²) in [6, 6.07) is 29.1. The summed E-state index contributed by atoms with van der Waals surface area (Å²) in [4.78, 5) is 21.3. The Labute approximate surface area is 190 Å². The van der Waals surface area contributed by atoms with E-state index in [0.717, 1.165) is 0 Å². The first-order valence-corrected chi connectivity index (χ1v) is 11.3. The molecular formula is C25H18O7S. The van der Waals surface area contributed by atoms with Crippen LogP contribution in [0.2, 0.25) is 0 Å². The quantitative estimate of drug-likeness (QED) is 0.148. The summed E-state index contributed by atoms with van der Waals surface area (Å²) < 4.78 is 36.5. The molecule has 0 fully saturated rings. The van der Waals surface area contributed by atoms with Gasteiger partial charge in [0.05, 0.1) is 9.79 Å². The topological polar surface area (TPSA) is 88.1 Å². The Morgan fingerprint density at radius 2 is 1.00 bits per heavy atom. The van der Waals surface area contributed by atoms with E-state index >= 15 is 0 Å². The third-order valence-electron chi connectivity index (χ3n) is 4.40. The highest BCUT2D eigenvalue weighted by Gasteiger charge is 2.18. The number of hydrogen-bond acceptors (Lipinski definition) is 7. The molecule has 0 aliphatic carbocycles. The van der Waals surface area contributed by atoms with Crippen LogP contribution in [0.25, 0.3) is 0 Å². The maximum Gasteiger partial charge on any atom is 0.555 e. The lowest BCUT2D eigenvalue weighted by atomic mass is 10.3. The summed E-state index contributed by atoms with van der Waals surface area (Å²) in [6.07, 6.45) is -1.09. The minimum atomic E-state index is -3.77. The largest absolute Gasteiger partial charge is 0.555 e. The molecule has 0 unspecified atom stereocenters. The van der Waals surface area contributed by atoms with Crippen molar-refractivity contribution in [3.8, 4) is 23.0 Å². The van der Waals surface area contributed by atoms with Crippen LogP contribution in [0.1, 0.15) is 0 Å². The molecule has 0 atom stereocenters. The fraction of sp³-hybridized carbons (Fsp3) is 0. The van der Waals surface area contributed by atoms with Gasteiger partial charge in [0.1, 0.15) is 17.2 Å². The molecule has 0 spiro atoms. The van der Waals surface area contributed by atoms with E-state index in [1.807, 2.05) is 18.2 Å². The summed E-state index contributed by atoms with van der Waals surface area (Å²) in [5, 5.41) is 0. The number of benzene rings is 4. The minimum Gasteiger partial charge on any atom is -0.457 e. The average Bonchev–Trinajstić information content (AvgIpc) is 2.85. The van der Waals surface area contributed by atoms with Gasteiger partial charge in [-0.25, -0.2) is 13.3 Å². The highest BCUT2D eigenvalue weighted by Crippen LogP contribution is 2.27. The van der Waals surface area contributed by atoms with E-state index in [2.05, 4.69) is 4.89 Å². The first-order valence-electron chi connectivity index (χ1n) is 9.80. The molecule has 0 saturated carbocycles. The van der Waals surface area contributed by atoms with Crippen molar-refractivity contribution in [1.29, 1.82) is 0 Å². The fourth-order valence-electron chi connectivity index (χ4n) is 2.81. The molecule has 166 valence electrons. The number of hydrogen-bond donors (Lipinski definition) is 0. The highest BCUT2D eigenvalue weighted by atomic mass is 32.2. The number of sulfone groups is 1. The molecule has 0 heterocycles. The van der Waals surface area contributed by atoms with Crippen LogP contribution in [0.3, 0.4) is 0 Å². The molecule has 7 nitrogen and oxygen atoms in total. The zero-order valence-electron chi connectivity index (χ0n) is 17.2. The molecule has 0 aromatic heterocycles. The number of carbonyl (C=O) groups excluding carboxylic acids is 1. The van der Waals surface area contributed by atoms with Crippen molar-refractivity contribution in [2.75, 3.05) is 0 Å². The van der Waals surface area contributed by atoms with Crippen molar-refractivity contribution in [1.82, 2.24) is 0 Å². The van der Waals surface area contributed by atoms with Crippen molar-refractivity contribution >= 4 is 16.0 Å². The van der Waals surface area contributed by atoms with Crippen LogP contribution < -0.4 is 14.4 Å². The molecular weight excluding hydrogens is 444 g/mol. The van der Waals surface area contributed by atoms with Crippen molar-refractivity contribution in [3.63, 3.8) is 0 Å². The van der Waals surface area contributed by atoms with Crippen molar-refractivity contribution < 1.29 is 32.5 Å². The highest BCUT2D eigenvalue weighted by molar-refractivity contribution is 7.91. The second kappa shape index (κ2) is 9.88. The third kappa shape index (κ3) is 5.69. The first-order chi connectivity index (χ1) is 16.0. The molecule has 0 amide bonds. The number of para-hydroxylation sites is 2. The molecule has 0 radical (unpaired) electrons. The van der Waals surface area contributed by atoms with Crippen LogP contribution in [0.4, 0.5) is 4.79 Å². The molecule has 4 rings (SSSR count). The van der Waals surface area contributed by atoms with Crippen LogP contribution in [0.5, 0.6) is 23.0 Å². The van der Waals surface area contributed by atoms with Crippen molar-refractivity contribution in [2.24, 2.45) is 0 Å². The van der Waals surface area contributed by atoms with Gasteiger partial charge in [0.25, 0.3) is 0 Å². The van der Waals surface area contributed by atoms with Gasteiger partial charge in [-0.3, -0.25) is 4.89 Å². The third-order valence-corrected chi connectivity index (χ3v) is 6.18. The predicted octanol–water partition coefficient (Wildman–Crippen LogP) is 5.82. The summed E-state index contributed by atoms with van der Waals surface area (Å²) in [7, 11) is -3.77. The van der Waals surface area contributed by atoms with Crippen LogP contribution in [-0.4, -0.2) is 14.6 Å². The van der Waals surface area contributed by atoms with Crippen molar-refractivity contribution in [2.45, 2.75) is 9.79 Å². The molecule has 0 bridgehead atoms. The van der Waals surface area contributed by atoms with Gasteiger partial charge in [-0.1, -0.05) is 36.4 Å². The molecule has 0 aliphatic rings. The van der Waals surface area contributed by atoms with E-state index in [1.54, 1.807) is 54.6 Å². The van der Waals surface area contributed by atoms with E-state index in [-0.39, 0.29) is 15.5 Å². The van der Waals surface area contributed by atoms with Crippen LogP contribution in [-0.2, 0) is 14.7 Å². The molecule has 33 heavy (non-hydrogen) atoms. The second-order valence-corrected chi connectivity index (χ2v) is 8.64. The van der Waals surface area contributed by atoms with Gasteiger partial charge in [0, 0.05) is 0 Å². The van der Waals surface area contributed by atoms with E-state index in [1.165, 1.54) is 36.4 Å². The molecule has 8 heteroatoms. The van der Waals surface area contributed by atoms with E-state index in [4.69, 9.17) is 14.4 Å². The van der Waals surface area contributed by atoms with Crippen LogP contribution >= 0.6 is 0 Å². The molecule has 0 N–H and O–H groups in total. The Balaban J connectivity index is 1.38. The SMILES string of the molecule is O=C(OOc1ccccc1)Oc1ccc(S(=O)(=O)c2ccc(Oc3ccccc3)cc2)cc1. The van der Waals surface area contributed by atoms with E-state index in [9.17, 15) is 13.2 Å². The Kier molecular flexibility index (Phi) is 6.56. The standard InChI is InChI=1S/C25H18O7S/c26-25(32-31-22-9-5-2-6-10-22)30-21-13-17-24(18-14-21)33(27,28)23-15-11-20(12-16-23)29-19-7-3-1-4-8-19/h1-18H. The Hall–Kier alpha value is -4.30. The van der Waals surface area contributed by atoms with Gasteiger partial charge in [-0.2, -0.15) is 4.79 Å². The minimum absolute atomic E-state index is 0.0421. The zero-order valence-corrected chi connectivity index (χ0v) is 18.0. The Morgan fingerprint density at radius 1 is 0.545 bits per heavy atom. The lowest BCUT2D eigenvalue weighted by molar-refractivity contribution is -0.157. The monoisotopic (exact) mass is 462 g/mol. The van der Waals surface area contributed by atoms with Gasteiger partial charge in [-0.05, 0) is 72.8 Å². The summed E-state index contributed by atoms with van der Waals surface area (Å²) in [5.74, 6) is 1.59. The molecule has 0 saturated heterocycles. The normalized spacial score (nSPS) is 10.8. The van der Waals surface area contributed by atoms with Gasteiger partial charge >= 0.3 is 6.16 Å². The number of carbonyl (C=O) groups is 1. The lowest BCUT2D eigenvalue weighted by Gasteiger charge is -2.09. The number of ether oxygens (including phenoxy) is 2. The van der Waals surface area contributed by atoms with Gasteiger partial charge < -0.3 is 9.47 Å². The summed E-state index contributed by atoms with van der Waals surface area (Å²) in [6.45, 7) is 0. The van der Waals surface area contributed by atoms with Gasteiger partial charge in [0.15, 0.2) is 5.75 Å². The average molecular weight is 462 g/mol. The Morgan fingerprint density at radius 3 is 1.55 bits per heavy atom. The maximum atomic E-state index is 12.9. The second-order valence-electron chi connectivity index (χ2n) is 6.69. The van der Waals surface area contributed by atoms with E-state index in [0.29, 0.717) is 17.2 Å². The fourth-order valence-corrected chi connectivity index (χ4v) is 4.07. The lowest BCUT2D eigenvalue weighted by Crippen LogP contribution is -2.13. The van der Waals surface area contributed by atoms with Gasteiger partial charge in [0.2, 0.25) is 9.84 Å². The summed E-state index contributed by atoms with van der Waals surface area (Å²) in [5.41, 5.74) is 0. The first kappa shape index (κ1) is 21.9. The Bertz CT molecular complexity index is 1300. The summed E-state index contributed by atoms with van der Waals surface area (Å²) >= 11 is 0.